The van der Waals surface area contributed by atoms with Crippen molar-refractivity contribution in [1.82, 2.24) is 10.2 Å². The summed E-state index contributed by atoms with van der Waals surface area (Å²) in [5.41, 5.74) is 1.09. The molecule has 1 aliphatic rings. The quantitative estimate of drug-likeness (QED) is 0.884. The molecule has 0 aliphatic carbocycles. The van der Waals surface area contributed by atoms with Crippen LogP contribution >= 0.6 is 15.9 Å². The molecule has 1 aromatic rings. The third kappa shape index (κ3) is 3.69. The monoisotopic (exact) mass is 328 g/mol. The normalized spacial score (nSPS) is 18.9. The third-order valence-corrected chi connectivity index (χ3v) is 4.27. The lowest BCUT2D eigenvalue weighted by Crippen LogP contribution is -2.34. The van der Waals surface area contributed by atoms with Crippen LogP contribution in [0.1, 0.15) is 18.0 Å². The van der Waals surface area contributed by atoms with Gasteiger partial charge in [0.05, 0.1) is 19.8 Å². The van der Waals surface area contributed by atoms with Gasteiger partial charge in [0.25, 0.3) is 0 Å². The zero-order chi connectivity index (χ0) is 13.7. The molecule has 0 spiro atoms. The van der Waals surface area contributed by atoms with Gasteiger partial charge in [0.1, 0.15) is 5.75 Å². The summed E-state index contributed by atoms with van der Waals surface area (Å²) < 4.78 is 6.30. The van der Waals surface area contributed by atoms with Gasteiger partial charge in [-0.1, -0.05) is 15.9 Å². The molecular formula is C14H21BrN2O2. The largest absolute Gasteiger partial charge is 0.497 e. The van der Waals surface area contributed by atoms with Crippen molar-refractivity contribution in [3.8, 4) is 5.75 Å². The smallest absolute Gasteiger partial charge is 0.119 e. The Labute approximate surface area is 122 Å². The molecule has 19 heavy (non-hydrogen) atoms. The van der Waals surface area contributed by atoms with Gasteiger partial charge < -0.3 is 15.2 Å². The number of halogens is 1. The molecule has 5 heteroatoms. The van der Waals surface area contributed by atoms with Crippen LogP contribution in [0, 0.1) is 0 Å². The Kier molecular flexibility index (Phi) is 5.63. The molecule has 1 aromatic carbocycles. The molecule has 0 saturated carbocycles. The number of nitrogens with zero attached hydrogens (tertiary/aromatic N) is 1. The molecule has 1 saturated heterocycles. The number of hydrogen-bond acceptors (Lipinski definition) is 4. The molecule has 0 bridgehead atoms. The van der Waals surface area contributed by atoms with Crippen LogP contribution in [0.15, 0.2) is 22.7 Å². The Hall–Kier alpha value is -0.620. The van der Waals surface area contributed by atoms with Gasteiger partial charge in [0.15, 0.2) is 0 Å². The van der Waals surface area contributed by atoms with Crippen molar-refractivity contribution in [3.05, 3.63) is 28.2 Å². The van der Waals surface area contributed by atoms with E-state index in [0.29, 0.717) is 0 Å². The first-order valence-corrected chi connectivity index (χ1v) is 7.44. The summed E-state index contributed by atoms with van der Waals surface area (Å²) >= 11 is 3.58. The van der Waals surface area contributed by atoms with Crippen LogP contribution in [-0.2, 0) is 0 Å². The first-order chi connectivity index (χ1) is 9.26. The van der Waals surface area contributed by atoms with Crippen LogP contribution in [0.5, 0.6) is 5.75 Å². The number of nitrogens with one attached hydrogen (secondary N) is 1. The van der Waals surface area contributed by atoms with Crippen molar-refractivity contribution < 1.29 is 9.84 Å². The zero-order valence-corrected chi connectivity index (χ0v) is 12.8. The summed E-state index contributed by atoms with van der Waals surface area (Å²) in [7, 11) is 1.66. The summed E-state index contributed by atoms with van der Waals surface area (Å²) in [5, 5.41) is 13.2. The number of hydrogen-bond donors (Lipinski definition) is 2. The molecule has 1 atom stereocenters. The molecule has 0 radical (unpaired) electrons. The van der Waals surface area contributed by atoms with Gasteiger partial charge in [-0.25, -0.2) is 0 Å². The summed E-state index contributed by atoms with van der Waals surface area (Å²) in [6.45, 7) is 4.09. The molecule has 106 valence electrons. The predicted molar refractivity (Wildman–Crippen MR) is 79.6 cm³/mol. The van der Waals surface area contributed by atoms with Gasteiger partial charge in [-0.3, -0.25) is 4.90 Å². The maximum absolute atomic E-state index is 9.79. The molecule has 1 heterocycles. The maximum atomic E-state index is 9.79. The van der Waals surface area contributed by atoms with Crippen molar-refractivity contribution in [1.29, 1.82) is 0 Å². The number of aliphatic hydroxyl groups excluding tert-OH is 1. The molecule has 1 unspecified atom stereocenters. The Bertz CT molecular complexity index is 406. The number of rotatable bonds is 4. The highest BCUT2D eigenvalue weighted by atomic mass is 79.9. The predicted octanol–water partition coefficient (Wildman–Crippen LogP) is 1.79. The van der Waals surface area contributed by atoms with E-state index in [-0.39, 0.29) is 12.6 Å². The van der Waals surface area contributed by atoms with Crippen LogP contribution in [0.25, 0.3) is 0 Å². The van der Waals surface area contributed by atoms with E-state index in [1.807, 2.05) is 18.2 Å². The van der Waals surface area contributed by atoms with E-state index < -0.39 is 0 Å². The van der Waals surface area contributed by atoms with Gasteiger partial charge in [0, 0.05) is 24.1 Å². The second-order valence-electron chi connectivity index (χ2n) is 4.73. The highest BCUT2D eigenvalue weighted by Gasteiger charge is 2.22. The molecular weight excluding hydrogens is 308 g/mol. The highest BCUT2D eigenvalue weighted by Crippen LogP contribution is 2.31. The molecule has 4 nitrogen and oxygen atoms in total. The van der Waals surface area contributed by atoms with Gasteiger partial charge in [0.2, 0.25) is 0 Å². The molecule has 0 aromatic heterocycles. The number of aliphatic hydroxyl groups is 1. The third-order valence-electron chi connectivity index (χ3n) is 3.55. The zero-order valence-electron chi connectivity index (χ0n) is 11.2. The fourth-order valence-corrected chi connectivity index (χ4v) is 3.00. The van der Waals surface area contributed by atoms with Crippen molar-refractivity contribution >= 4 is 15.9 Å². The van der Waals surface area contributed by atoms with Crippen LogP contribution in [0.4, 0.5) is 0 Å². The fraction of sp³-hybridized carbons (Fsp3) is 0.571. The first kappa shape index (κ1) is 14.8. The molecule has 0 amide bonds. The minimum Gasteiger partial charge on any atom is -0.497 e. The second kappa shape index (κ2) is 7.24. The van der Waals surface area contributed by atoms with Gasteiger partial charge >= 0.3 is 0 Å². The number of benzene rings is 1. The summed E-state index contributed by atoms with van der Waals surface area (Å²) in [5.74, 6) is 0.824. The van der Waals surface area contributed by atoms with Crippen LogP contribution in [0.2, 0.25) is 0 Å². The fourth-order valence-electron chi connectivity index (χ4n) is 2.49. The van der Waals surface area contributed by atoms with E-state index >= 15 is 0 Å². The Morgan fingerprint density at radius 3 is 3.00 bits per heavy atom. The van der Waals surface area contributed by atoms with Crippen molar-refractivity contribution in [2.75, 3.05) is 39.9 Å². The SMILES string of the molecule is COc1ccc(Br)c(C(CO)N2CCCNCC2)c1. The summed E-state index contributed by atoms with van der Waals surface area (Å²) in [4.78, 5) is 2.33. The maximum Gasteiger partial charge on any atom is 0.119 e. The van der Waals surface area contributed by atoms with E-state index in [1.165, 1.54) is 0 Å². The lowest BCUT2D eigenvalue weighted by atomic mass is 10.1. The highest BCUT2D eigenvalue weighted by molar-refractivity contribution is 9.10. The summed E-state index contributed by atoms with van der Waals surface area (Å²) in [6, 6.07) is 5.92. The van der Waals surface area contributed by atoms with Crippen molar-refractivity contribution in [2.45, 2.75) is 12.5 Å². The van der Waals surface area contributed by atoms with Crippen LogP contribution in [0.3, 0.4) is 0 Å². The van der Waals surface area contributed by atoms with E-state index in [9.17, 15) is 5.11 Å². The first-order valence-electron chi connectivity index (χ1n) is 6.65. The Balaban J connectivity index is 2.24. The lowest BCUT2D eigenvalue weighted by molar-refractivity contribution is 0.129. The Morgan fingerprint density at radius 1 is 1.42 bits per heavy atom. The van der Waals surface area contributed by atoms with Gasteiger partial charge in [-0.05, 0) is 36.7 Å². The van der Waals surface area contributed by atoms with Gasteiger partial charge in [-0.2, -0.15) is 0 Å². The van der Waals surface area contributed by atoms with Crippen LogP contribution < -0.4 is 10.1 Å². The average Bonchev–Trinajstić information content (AvgIpc) is 2.71. The minimum absolute atomic E-state index is 0.0179. The lowest BCUT2D eigenvalue weighted by Gasteiger charge is -2.30. The Morgan fingerprint density at radius 2 is 2.26 bits per heavy atom. The standard InChI is InChI=1S/C14H21BrN2O2/c1-19-11-3-4-13(15)12(9-11)14(10-18)17-7-2-5-16-6-8-17/h3-4,9,14,16,18H,2,5-8,10H2,1H3. The number of ether oxygens (including phenoxy) is 1. The van der Waals surface area contributed by atoms with E-state index in [4.69, 9.17) is 4.74 Å². The topological polar surface area (TPSA) is 44.7 Å². The van der Waals surface area contributed by atoms with E-state index in [2.05, 4.69) is 26.1 Å². The van der Waals surface area contributed by atoms with E-state index in [0.717, 1.165) is 48.4 Å². The van der Waals surface area contributed by atoms with E-state index in [1.54, 1.807) is 7.11 Å². The summed E-state index contributed by atoms with van der Waals surface area (Å²) in [6.07, 6.45) is 1.11. The van der Waals surface area contributed by atoms with Crippen molar-refractivity contribution in [3.63, 3.8) is 0 Å². The molecule has 2 N–H and O–H groups in total. The average molecular weight is 329 g/mol. The van der Waals surface area contributed by atoms with Crippen LogP contribution in [-0.4, -0.2) is 49.9 Å². The minimum atomic E-state index is 0.0179. The molecule has 2 rings (SSSR count). The molecule has 1 aliphatic heterocycles. The number of methoxy groups -OCH3 is 1. The molecule has 1 fully saturated rings. The van der Waals surface area contributed by atoms with Crippen molar-refractivity contribution in [2.24, 2.45) is 0 Å². The van der Waals surface area contributed by atoms with Gasteiger partial charge in [-0.15, -0.1) is 0 Å². The second-order valence-corrected chi connectivity index (χ2v) is 5.58.